The van der Waals surface area contributed by atoms with Crippen LogP contribution in [0.25, 0.3) is 96.6 Å². The van der Waals surface area contributed by atoms with E-state index in [1.165, 1.54) is 5.56 Å². The molecule has 0 saturated heterocycles. The zero-order valence-electron chi connectivity index (χ0n) is 30.3. The van der Waals surface area contributed by atoms with Crippen molar-refractivity contribution in [3.63, 3.8) is 0 Å². The van der Waals surface area contributed by atoms with Crippen molar-refractivity contribution in [1.29, 1.82) is 0 Å². The van der Waals surface area contributed by atoms with Crippen LogP contribution in [0.1, 0.15) is 28.3 Å². The number of H-pyrrole nitrogens is 1. The molecule has 0 amide bonds. The summed E-state index contributed by atoms with van der Waals surface area (Å²) in [5.41, 5.74) is 18.5. The number of para-hydroxylation sites is 1. The summed E-state index contributed by atoms with van der Waals surface area (Å²) in [5.74, 6) is 0. The molecule has 0 radical (unpaired) electrons. The van der Waals surface area contributed by atoms with E-state index in [1.807, 2.05) is 0 Å². The number of fused-ring (bicyclic) bond motifs is 8. The summed E-state index contributed by atoms with van der Waals surface area (Å²) in [6.07, 6.45) is 8.67. The fourth-order valence-corrected chi connectivity index (χ4v) is 8.02. The Morgan fingerprint density at radius 3 is 1.11 bits per heavy atom. The highest BCUT2D eigenvalue weighted by Gasteiger charge is 2.21. The molecule has 0 unspecified atom stereocenters. The minimum atomic E-state index is 0.899. The number of benzene rings is 5. The Kier molecular flexibility index (Phi) is 8.00. The number of rotatable bonds is 5. The highest BCUT2D eigenvalue weighted by atomic mass is 15.0. The predicted molar refractivity (Wildman–Crippen MR) is 230 cm³/mol. The van der Waals surface area contributed by atoms with Gasteiger partial charge >= 0.3 is 0 Å². The van der Waals surface area contributed by atoms with Crippen LogP contribution in [0.3, 0.4) is 0 Å². The molecule has 2 aliphatic heterocycles. The quantitative estimate of drug-likeness (QED) is 0.194. The number of aryl methyl sites for hydroxylation is 1. The number of nitrogens with one attached hydrogen (secondary N) is 1. The molecule has 0 aliphatic carbocycles. The first kappa shape index (κ1) is 32.4. The van der Waals surface area contributed by atoms with E-state index in [-0.39, 0.29) is 0 Å². The third-order valence-electron chi connectivity index (χ3n) is 10.5. The first-order valence-corrected chi connectivity index (χ1v) is 18.7. The molecular weight excluding hydrogens is 669 g/mol. The van der Waals surface area contributed by atoms with Gasteiger partial charge in [0.2, 0.25) is 0 Å². The SMILES string of the molecule is Cc1ccccc1-n1c2ccc1c(-c1ccccc1)c1nc(c(-c3ccccc3)c3ccc([nH]3)c(-c3ccccc3)c3nc(c2-c2ccccc2)C=C3)C=C1. The van der Waals surface area contributed by atoms with Crippen LogP contribution in [-0.2, 0) is 0 Å². The van der Waals surface area contributed by atoms with Crippen molar-refractivity contribution in [3.8, 4) is 50.2 Å². The van der Waals surface area contributed by atoms with Gasteiger partial charge in [0.05, 0.1) is 33.8 Å². The Bertz CT molecular complexity index is 2770. The Balaban J connectivity index is 1.48. The molecule has 8 bridgehead atoms. The predicted octanol–water partition coefficient (Wildman–Crippen LogP) is 13.1. The van der Waals surface area contributed by atoms with Crippen LogP contribution in [0.5, 0.6) is 0 Å². The van der Waals surface area contributed by atoms with E-state index in [4.69, 9.17) is 9.97 Å². The Hall–Kier alpha value is -7.30. The molecule has 3 aromatic heterocycles. The van der Waals surface area contributed by atoms with Crippen LogP contribution in [0.15, 0.2) is 170 Å². The van der Waals surface area contributed by atoms with E-state index in [0.717, 1.165) is 95.0 Å². The lowest BCUT2D eigenvalue weighted by molar-refractivity contribution is 1.14. The third-order valence-corrected chi connectivity index (χ3v) is 10.5. The van der Waals surface area contributed by atoms with Gasteiger partial charge in [0, 0.05) is 39.0 Å². The van der Waals surface area contributed by atoms with Crippen molar-refractivity contribution >= 4 is 46.4 Å². The largest absolute Gasteiger partial charge is 0.354 e. The summed E-state index contributed by atoms with van der Waals surface area (Å²) >= 11 is 0. The molecule has 0 fully saturated rings. The second-order valence-corrected chi connectivity index (χ2v) is 13.9. The van der Waals surface area contributed by atoms with Gasteiger partial charge < -0.3 is 9.55 Å². The van der Waals surface area contributed by atoms with Gasteiger partial charge in [0.25, 0.3) is 0 Å². The standard InChI is InChI=1S/C51H36N4/c1-34-16-14-15-25-45(34)55-46-32-33-47(55)51(38-23-12-5-13-24-38)44-31-29-42(54-44)49(36-19-8-3-9-20-36)40-27-26-39(52-40)48(35-17-6-2-7-18-35)41-28-30-43(53-41)50(46)37-21-10-4-11-22-37/h2-33,52H,1H3. The molecule has 8 aromatic rings. The lowest BCUT2D eigenvalue weighted by Gasteiger charge is -2.16. The lowest BCUT2D eigenvalue weighted by atomic mass is 10.0. The van der Waals surface area contributed by atoms with E-state index >= 15 is 0 Å². The summed E-state index contributed by atoms with van der Waals surface area (Å²) < 4.78 is 2.41. The molecule has 260 valence electrons. The number of nitrogens with zero attached hydrogens (tertiary/aromatic N) is 3. The molecule has 0 atom stereocenters. The number of aromatic amines is 1. The van der Waals surface area contributed by atoms with Gasteiger partial charge in [0.15, 0.2) is 0 Å². The highest BCUT2D eigenvalue weighted by Crippen LogP contribution is 2.40. The molecule has 4 heteroatoms. The molecule has 0 spiro atoms. The molecule has 5 aromatic carbocycles. The van der Waals surface area contributed by atoms with Gasteiger partial charge in [-0.2, -0.15) is 0 Å². The first-order valence-electron chi connectivity index (χ1n) is 18.7. The summed E-state index contributed by atoms with van der Waals surface area (Å²) in [5, 5.41) is 0. The average molecular weight is 705 g/mol. The van der Waals surface area contributed by atoms with Gasteiger partial charge in [-0.15, -0.1) is 0 Å². The molecule has 2 aliphatic rings. The monoisotopic (exact) mass is 704 g/mol. The normalized spacial score (nSPS) is 11.9. The van der Waals surface area contributed by atoms with Crippen molar-refractivity contribution in [1.82, 2.24) is 19.5 Å². The zero-order valence-corrected chi connectivity index (χ0v) is 30.3. The van der Waals surface area contributed by atoms with Gasteiger partial charge in [-0.05, 0) is 89.4 Å². The molecule has 55 heavy (non-hydrogen) atoms. The number of hydrogen-bond acceptors (Lipinski definition) is 2. The Labute approximate surface area is 320 Å². The van der Waals surface area contributed by atoms with Crippen LogP contribution in [0, 0.1) is 6.92 Å². The minimum Gasteiger partial charge on any atom is -0.354 e. The zero-order chi connectivity index (χ0) is 36.7. The van der Waals surface area contributed by atoms with Crippen molar-refractivity contribution in [2.45, 2.75) is 6.92 Å². The Morgan fingerprint density at radius 1 is 0.364 bits per heavy atom. The van der Waals surface area contributed by atoms with Crippen LogP contribution < -0.4 is 0 Å². The second-order valence-electron chi connectivity index (χ2n) is 13.9. The van der Waals surface area contributed by atoms with Crippen LogP contribution in [0.2, 0.25) is 0 Å². The fraction of sp³-hybridized carbons (Fsp3) is 0.0196. The molecule has 10 rings (SSSR count). The van der Waals surface area contributed by atoms with Gasteiger partial charge in [0.1, 0.15) is 0 Å². The van der Waals surface area contributed by atoms with E-state index in [0.29, 0.717) is 0 Å². The van der Waals surface area contributed by atoms with Crippen molar-refractivity contribution in [2.75, 3.05) is 0 Å². The highest BCUT2D eigenvalue weighted by molar-refractivity contribution is 6.00. The maximum atomic E-state index is 5.51. The minimum absolute atomic E-state index is 0.899. The van der Waals surface area contributed by atoms with Crippen LogP contribution in [-0.4, -0.2) is 19.5 Å². The van der Waals surface area contributed by atoms with Crippen LogP contribution >= 0.6 is 0 Å². The topological polar surface area (TPSA) is 46.5 Å². The molecule has 1 N–H and O–H groups in total. The second kappa shape index (κ2) is 13.6. The third kappa shape index (κ3) is 5.72. The van der Waals surface area contributed by atoms with Gasteiger partial charge in [-0.25, -0.2) is 9.97 Å². The van der Waals surface area contributed by atoms with Gasteiger partial charge in [-0.1, -0.05) is 140 Å². The van der Waals surface area contributed by atoms with E-state index in [9.17, 15) is 0 Å². The summed E-state index contributed by atoms with van der Waals surface area (Å²) in [4.78, 5) is 14.9. The van der Waals surface area contributed by atoms with Crippen molar-refractivity contribution in [2.24, 2.45) is 0 Å². The number of aromatic nitrogens is 4. The number of hydrogen-bond donors (Lipinski definition) is 1. The van der Waals surface area contributed by atoms with E-state index in [1.54, 1.807) is 0 Å². The Morgan fingerprint density at radius 2 is 0.709 bits per heavy atom. The van der Waals surface area contributed by atoms with Gasteiger partial charge in [-0.3, -0.25) is 0 Å². The van der Waals surface area contributed by atoms with E-state index in [2.05, 4.69) is 211 Å². The summed E-state index contributed by atoms with van der Waals surface area (Å²) in [6, 6.07) is 59.9. The summed E-state index contributed by atoms with van der Waals surface area (Å²) in [6.45, 7) is 2.18. The van der Waals surface area contributed by atoms with E-state index < -0.39 is 0 Å². The molecule has 5 heterocycles. The first-order chi connectivity index (χ1) is 27.2. The average Bonchev–Trinajstić information content (AvgIpc) is 4.08. The maximum absolute atomic E-state index is 5.51. The summed E-state index contributed by atoms with van der Waals surface area (Å²) in [7, 11) is 0. The van der Waals surface area contributed by atoms with Crippen molar-refractivity contribution in [3.05, 3.63) is 198 Å². The molecule has 4 nitrogen and oxygen atoms in total. The van der Waals surface area contributed by atoms with Crippen molar-refractivity contribution < 1.29 is 0 Å². The molecular formula is C51H36N4. The lowest BCUT2D eigenvalue weighted by Crippen LogP contribution is -2.00. The maximum Gasteiger partial charge on any atom is 0.0737 e. The fourth-order valence-electron chi connectivity index (χ4n) is 8.02. The smallest absolute Gasteiger partial charge is 0.0737 e. The van der Waals surface area contributed by atoms with Crippen LogP contribution in [0.4, 0.5) is 0 Å². The molecule has 0 saturated carbocycles.